The van der Waals surface area contributed by atoms with Crippen LogP contribution in [0.25, 0.3) is 0 Å². The van der Waals surface area contributed by atoms with Crippen LogP contribution in [0.1, 0.15) is 19.3 Å². The number of hydrogen-bond acceptors (Lipinski definition) is 4. The van der Waals surface area contributed by atoms with Crippen molar-refractivity contribution in [3.63, 3.8) is 0 Å². The average molecular weight is 214 g/mol. The molecule has 0 radical (unpaired) electrons. The molecule has 0 bridgehead atoms. The molecule has 0 spiro atoms. The molecule has 84 valence electrons. The van der Waals surface area contributed by atoms with E-state index in [1.165, 1.54) is 0 Å². The third-order valence-corrected chi connectivity index (χ3v) is 2.46. The van der Waals surface area contributed by atoms with Crippen LogP contribution in [0.15, 0.2) is 0 Å². The molecule has 0 heterocycles. The van der Waals surface area contributed by atoms with Crippen LogP contribution in [0.4, 0.5) is 0 Å². The summed E-state index contributed by atoms with van der Waals surface area (Å²) in [6.07, 6.45) is 1.23. The van der Waals surface area contributed by atoms with Crippen LogP contribution in [0.2, 0.25) is 0 Å². The average Bonchev–Trinajstić information content (AvgIpc) is 2.15. The molecule has 0 aromatic rings. The van der Waals surface area contributed by atoms with Gasteiger partial charge in [-0.05, 0) is 12.8 Å². The molecule has 1 amide bonds. The zero-order valence-corrected chi connectivity index (χ0v) is 8.23. The fraction of sp³-hybridized carbons (Fsp3) is 0.667. The minimum absolute atomic E-state index is 0.0463. The Morgan fingerprint density at radius 2 is 2.27 bits per heavy atom. The van der Waals surface area contributed by atoms with E-state index in [9.17, 15) is 14.4 Å². The largest absolute Gasteiger partial charge is 0.480 e. The number of nitrogens with one attached hydrogen (secondary N) is 1. The van der Waals surface area contributed by atoms with E-state index in [1.807, 2.05) is 0 Å². The summed E-state index contributed by atoms with van der Waals surface area (Å²) in [4.78, 5) is 32.5. The molecule has 1 saturated carbocycles. The van der Waals surface area contributed by atoms with Crippen molar-refractivity contribution >= 4 is 17.7 Å². The summed E-state index contributed by atoms with van der Waals surface area (Å²) in [5, 5.41) is 11.0. The third-order valence-electron chi connectivity index (χ3n) is 2.46. The molecular formula is C9H14N2O4. The topological polar surface area (TPSA) is 109 Å². The van der Waals surface area contributed by atoms with Crippen LogP contribution >= 0.6 is 0 Å². The van der Waals surface area contributed by atoms with E-state index in [1.54, 1.807) is 0 Å². The maximum absolute atomic E-state index is 11.3. The molecule has 0 aromatic carbocycles. The standard InChI is InChI=1S/C9H14N2O4/c10-6(9(14)15)3-4-11-8(13)5-1-2-7(5)12/h5-6H,1-4,10H2,(H,11,13)(H,14,15)/t5-,6+/m1/s1. The zero-order chi connectivity index (χ0) is 11.4. The number of nitrogens with two attached hydrogens (primary N) is 1. The number of carboxylic acids is 1. The van der Waals surface area contributed by atoms with Crippen molar-refractivity contribution in [3.05, 3.63) is 0 Å². The van der Waals surface area contributed by atoms with Crippen molar-refractivity contribution < 1.29 is 19.5 Å². The van der Waals surface area contributed by atoms with Gasteiger partial charge in [0.25, 0.3) is 0 Å². The monoisotopic (exact) mass is 214 g/mol. The molecular weight excluding hydrogens is 200 g/mol. The van der Waals surface area contributed by atoms with Crippen molar-refractivity contribution in [2.75, 3.05) is 6.54 Å². The molecule has 1 aliphatic rings. The van der Waals surface area contributed by atoms with E-state index >= 15 is 0 Å². The van der Waals surface area contributed by atoms with Crippen LogP contribution in [0, 0.1) is 5.92 Å². The number of carboxylic acid groups (broad SMARTS) is 1. The van der Waals surface area contributed by atoms with Crippen LogP contribution < -0.4 is 11.1 Å². The van der Waals surface area contributed by atoms with Gasteiger partial charge in [-0.25, -0.2) is 0 Å². The summed E-state index contributed by atoms with van der Waals surface area (Å²) < 4.78 is 0. The summed E-state index contributed by atoms with van der Waals surface area (Å²) in [6.45, 7) is 0.191. The first-order chi connectivity index (χ1) is 7.02. The van der Waals surface area contributed by atoms with Gasteiger partial charge < -0.3 is 16.2 Å². The SMILES string of the molecule is N[C@@H](CCNC(=O)[C@@H]1CCC1=O)C(=O)O. The van der Waals surface area contributed by atoms with Gasteiger partial charge >= 0.3 is 5.97 Å². The Morgan fingerprint density at radius 1 is 1.60 bits per heavy atom. The maximum Gasteiger partial charge on any atom is 0.320 e. The highest BCUT2D eigenvalue weighted by molar-refractivity contribution is 6.05. The molecule has 1 rings (SSSR count). The first-order valence-electron chi connectivity index (χ1n) is 4.81. The van der Waals surface area contributed by atoms with Crippen LogP contribution in [-0.2, 0) is 14.4 Å². The van der Waals surface area contributed by atoms with Crippen LogP contribution in [0.5, 0.6) is 0 Å². The smallest absolute Gasteiger partial charge is 0.320 e. The number of aliphatic carboxylic acids is 1. The summed E-state index contributed by atoms with van der Waals surface area (Å²) in [6, 6.07) is -0.970. The highest BCUT2D eigenvalue weighted by Crippen LogP contribution is 2.21. The van der Waals surface area contributed by atoms with E-state index in [2.05, 4.69) is 5.32 Å². The molecule has 6 heteroatoms. The second-order valence-electron chi connectivity index (χ2n) is 3.58. The van der Waals surface area contributed by atoms with Crippen molar-refractivity contribution in [3.8, 4) is 0 Å². The van der Waals surface area contributed by atoms with E-state index in [4.69, 9.17) is 10.8 Å². The maximum atomic E-state index is 11.3. The minimum Gasteiger partial charge on any atom is -0.480 e. The molecule has 0 aliphatic heterocycles. The Labute approximate surface area is 86.8 Å². The third kappa shape index (κ3) is 3.02. The number of Topliss-reactive ketones (excluding diaryl/α,β-unsaturated/α-hetero) is 1. The Kier molecular flexibility index (Phi) is 3.79. The molecule has 0 saturated heterocycles. The lowest BCUT2D eigenvalue weighted by molar-refractivity contribution is -0.141. The van der Waals surface area contributed by atoms with Gasteiger partial charge in [0.15, 0.2) is 0 Å². The summed E-state index contributed by atoms with van der Waals surface area (Å²) in [5.41, 5.74) is 5.23. The predicted molar refractivity (Wildman–Crippen MR) is 51.0 cm³/mol. The quantitative estimate of drug-likeness (QED) is 0.502. The minimum atomic E-state index is -1.09. The first-order valence-corrected chi connectivity index (χ1v) is 4.81. The summed E-state index contributed by atoms with van der Waals surface area (Å²) in [7, 11) is 0. The van der Waals surface area contributed by atoms with Crippen LogP contribution in [-0.4, -0.2) is 35.4 Å². The Bertz CT molecular complexity index is 290. The summed E-state index contributed by atoms with van der Waals surface area (Å²) in [5.74, 6) is -1.98. The zero-order valence-electron chi connectivity index (χ0n) is 8.23. The Hall–Kier alpha value is -1.43. The van der Waals surface area contributed by atoms with E-state index in [0.29, 0.717) is 12.8 Å². The fourth-order valence-corrected chi connectivity index (χ4v) is 1.28. The highest BCUT2D eigenvalue weighted by atomic mass is 16.4. The van der Waals surface area contributed by atoms with E-state index in [-0.39, 0.29) is 24.7 Å². The summed E-state index contributed by atoms with van der Waals surface area (Å²) >= 11 is 0. The van der Waals surface area contributed by atoms with E-state index in [0.717, 1.165) is 0 Å². The number of rotatable bonds is 5. The van der Waals surface area contributed by atoms with Crippen molar-refractivity contribution in [1.29, 1.82) is 0 Å². The van der Waals surface area contributed by atoms with Crippen molar-refractivity contribution in [1.82, 2.24) is 5.32 Å². The van der Waals surface area contributed by atoms with Gasteiger partial charge in [0.2, 0.25) is 5.91 Å². The lowest BCUT2D eigenvalue weighted by atomic mass is 9.83. The number of hydrogen-bond donors (Lipinski definition) is 3. The number of carbonyl (C=O) groups excluding carboxylic acids is 2. The molecule has 1 aliphatic carbocycles. The molecule has 4 N–H and O–H groups in total. The van der Waals surface area contributed by atoms with Gasteiger partial charge in [0.1, 0.15) is 11.8 Å². The fourth-order valence-electron chi connectivity index (χ4n) is 1.28. The number of ketones is 1. The van der Waals surface area contributed by atoms with Gasteiger partial charge in [-0.15, -0.1) is 0 Å². The second kappa shape index (κ2) is 4.88. The van der Waals surface area contributed by atoms with Gasteiger partial charge in [-0.3, -0.25) is 14.4 Å². The predicted octanol–water partition coefficient (Wildman–Crippen LogP) is -1.12. The van der Waals surface area contributed by atoms with Crippen molar-refractivity contribution in [2.24, 2.45) is 11.7 Å². The Morgan fingerprint density at radius 3 is 2.67 bits per heavy atom. The first kappa shape index (κ1) is 11.6. The van der Waals surface area contributed by atoms with Gasteiger partial charge in [-0.2, -0.15) is 0 Å². The highest BCUT2D eigenvalue weighted by Gasteiger charge is 2.34. The molecule has 15 heavy (non-hydrogen) atoms. The van der Waals surface area contributed by atoms with E-state index < -0.39 is 17.9 Å². The van der Waals surface area contributed by atoms with Gasteiger partial charge in [-0.1, -0.05) is 0 Å². The number of amides is 1. The molecule has 2 atom stereocenters. The lowest BCUT2D eigenvalue weighted by Gasteiger charge is -2.22. The molecule has 0 aromatic heterocycles. The number of carbonyl (C=O) groups is 3. The van der Waals surface area contributed by atoms with Gasteiger partial charge in [0.05, 0.1) is 5.92 Å². The lowest BCUT2D eigenvalue weighted by Crippen LogP contribution is -2.43. The van der Waals surface area contributed by atoms with Gasteiger partial charge in [0, 0.05) is 13.0 Å². The molecule has 6 nitrogen and oxygen atoms in total. The van der Waals surface area contributed by atoms with Crippen LogP contribution in [0.3, 0.4) is 0 Å². The Balaban J connectivity index is 2.17. The second-order valence-corrected chi connectivity index (χ2v) is 3.58. The molecule has 0 unspecified atom stereocenters. The normalized spacial score (nSPS) is 21.7. The van der Waals surface area contributed by atoms with Crippen molar-refractivity contribution in [2.45, 2.75) is 25.3 Å². The molecule has 1 fully saturated rings.